The van der Waals surface area contributed by atoms with Gasteiger partial charge in [-0.15, -0.1) is 0 Å². The van der Waals surface area contributed by atoms with Crippen molar-refractivity contribution < 1.29 is 14.7 Å². The van der Waals surface area contributed by atoms with Crippen LogP contribution in [0.4, 0.5) is 17.3 Å². The highest BCUT2D eigenvalue weighted by Gasteiger charge is 2.30. The first-order valence-electron chi connectivity index (χ1n) is 11.8. The number of nitrogens with one attached hydrogen (secondary N) is 1. The van der Waals surface area contributed by atoms with Crippen LogP contribution in [0.25, 0.3) is 11.2 Å². The van der Waals surface area contributed by atoms with E-state index in [-0.39, 0.29) is 11.9 Å². The van der Waals surface area contributed by atoms with E-state index in [0.717, 1.165) is 67.3 Å². The second-order valence-electron chi connectivity index (χ2n) is 9.56. The summed E-state index contributed by atoms with van der Waals surface area (Å²) in [7, 11) is 0. The van der Waals surface area contributed by atoms with Gasteiger partial charge in [-0.05, 0) is 60.9 Å². The van der Waals surface area contributed by atoms with Gasteiger partial charge >= 0.3 is 0 Å². The number of hydrogen-bond acceptors (Lipinski definition) is 8. The molecular formula is C24H32N8O3. The first-order chi connectivity index (χ1) is 16.8. The number of fused-ring (bicyclic) bond motifs is 2. The van der Waals surface area contributed by atoms with Crippen molar-refractivity contribution in [3.63, 3.8) is 0 Å². The number of benzene rings is 1. The number of nitrogens with two attached hydrogens (primary N) is 2. The molecule has 5 rings (SSSR count). The molecule has 11 nitrogen and oxygen atoms in total. The summed E-state index contributed by atoms with van der Waals surface area (Å²) in [4.78, 5) is 34.0. The van der Waals surface area contributed by atoms with Crippen molar-refractivity contribution in [3.8, 4) is 0 Å². The van der Waals surface area contributed by atoms with Gasteiger partial charge in [0.05, 0.1) is 6.20 Å². The molecule has 0 spiro atoms. The Labute approximate surface area is 203 Å². The Balaban J connectivity index is 0.000000917. The summed E-state index contributed by atoms with van der Waals surface area (Å²) >= 11 is 0. The van der Waals surface area contributed by atoms with Crippen LogP contribution in [0.1, 0.15) is 54.9 Å². The van der Waals surface area contributed by atoms with Gasteiger partial charge in [-0.3, -0.25) is 14.7 Å². The molecule has 4 heterocycles. The molecule has 1 saturated heterocycles. The smallest absolute Gasteiger partial charge is 0.290 e. The zero-order valence-electron chi connectivity index (χ0n) is 20.1. The number of aromatic nitrogens is 4. The van der Waals surface area contributed by atoms with Crippen molar-refractivity contribution in [2.75, 3.05) is 36.0 Å². The molecule has 1 aromatic carbocycles. The fourth-order valence-corrected chi connectivity index (χ4v) is 4.77. The third-order valence-corrected chi connectivity index (χ3v) is 7.20. The van der Waals surface area contributed by atoms with Crippen LogP contribution >= 0.6 is 0 Å². The lowest BCUT2D eigenvalue weighted by atomic mass is 9.80. The maximum Gasteiger partial charge on any atom is 0.290 e. The lowest BCUT2D eigenvalue weighted by molar-refractivity contribution is -0.122. The number of anilines is 3. The van der Waals surface area contributed by atoms with E-state index in [4.69, 9.17) is 31.3 Å². The van der Waals surface area contributed by atoms with Crippen molar-refractivity contribution >= 4 is 40.9 Å². The molecule has 3 aromatic rings. The van der Waals surface area contributed by atoms with E-state index >= 15 is 0 Å². The minimum atomic E-state index is -0.412. The number of amides is 1. The summed E-state index contributed by atoms with van der Waals surface area (Å²) in [6.45, 7) is 7.56. The van der Waals surface area contributed by atoms with Crippen LogP contribution in [0.3, 0.4) is 0 Å². The summed E-state index contributed by atoms with van der Waals surface area (Å²) in [5, 5.41) is 14.5. The number of carboxylic acid groups (broad SMARTS) is 1. The minimum absolute atomic E-state index is 0.211. The Kier molecular flexibility index (Phi) is 6.88. The fourth-order valence-electron chi connectivity index (χ4n) is 4.77. The normalized spacial score (nSPS) is 19.0. The monoisotopic (exact) mass is 480 g/mol. The molecular weight excluding hydrogens is 448 g/mol. The maximum atomic E-state index is 11.7. The van der Waals surface area contributed by atoms with Gasteiger partial charge in [-0.2, -0.15) is 5.10 Å². The molecule has 2 aliphatic rings. The predicted molar refractivity (Wildman–Crippen MR) is 134 cm³/mol. The molecule has 1 atom stereocenters. The molecule has 35 heavy (non-hydrogen) atoms. The second-order valence-corrected chi connectivity index (χ2v) is 9.56. The summed E-state index contributed by atoms with van der Waals surface area (Å²) in [5.74, 6) is 1.55. The van der Waals surface area contributed by atoms with Gasteiger partial charge < -0.3 is 26.4 Å². The number of carbonyl (C=O) groups is 2. The third-order valence-electron chi connectivity index (χ3n) is 7.20. The Morgan fingerprint density at radius 1 is 1.31 bits per heavy atom. The molecule has 1 unspecified atom stereocenters. The van der Waals surface area contributed by atoms with Crippen LogP contribution in [0.5, 0.6) is 0 Å². The van der Waals surface area contributed by atoms with Crippen LogP contribution in [0.15, 0.2) is 24.4 Å². The van der Waals surface area contributed by atoms with Gasteiger partial charge in [0.25, 0.3) is 6.47 Å². The molecule has 2 aliphatic heterocycles. The highest BCUT2D eigenvalue weighted by Crippen LogP contribution is 2.40. The lowest BCUT2D eigenvalue weighted by Gasteiger charge is -2.39. The van der Waals surface area contributed by atoms with E-state index in [9.17, 15) is 4.79 Å². The van der Waals surface area contributed by atoms with E-state index in [1.807, 2.05) is 18.3 Å². The van der Waals surface area contributed by atoms with E-state index in [2.05, 4.69) is 33.8 Å². The molecule has 1 fully saturated rings. The van der Waals surface area contributed by atoms with Gasteiger partial charge in [-0.1, -0.05) is 13.8 Å². The van der Waals surface area contributed by atoms with Gasteiger partial charge in [0.1, 0.15) is 5.82 Å². The molecule has 0 bridgehead atoms. The standard InChI is InChI=1S/C23H30N8O.CH2O2/c1-14-5-8-31(17-4-3-15(20(25)32)11-16(14)17)22-19-21(28-29-22)27-18(12-26-19)30-9-6-23(2,13-24)7-10-30;2-1-3/h3-4,11-12,14H,5-10,13,24H2,1-2H3,(H2,25,32)(H,27,28,29);1H,(H,2,3). The number of carbonyl (C=O) groups excluding carboxylic acids is 1. The molecule has 0 radical (unpaired) electrons. The number of H-pyrrole nitrogens is 1. The number of primary amides is 1. The molecule has 0 aliphatic carbocycles. The van der Waals surface area contributed by atoms with Crippen LogP contribution in [0.2, 0.25) is 0 Å². The van der Waals surface area contributed by atoms with E-state index in [1.165, 1.54) is 0 Å². The number of hydrogen-bond donors (Lipinski definition) is 4. The topological polar surface area (TPSA) is 167 Å². The van der Waals surface area contributed by atoms with Crippen molar-refractivity contribution in [1.29, 1.82) is 0 Å². The number of rotatable bonds is 4. The molecule has 186 valence electrons. The average Bonchev–Trinajstić information content (AvgIpc) is 3.28. The quantitative estimate of drug-likeness (QED) is 0.410. The number of nitrogens with zero attached hydrogens (tertiary/aromatic N) is 5. The Bertz CT molecular complexity index is 1220. The Morgan fingerprint density at radius 2 is 2.03 bits per heavy atom. The van der Waals surface area contributed by atoms with E-state index < -0.39 is 5.91 Å². The van der Waals surface area contributed by atoms with Crippen LogP contribution in [0, 0.1) is 5.41 Å². The summed E-state index contributed by atoms with van der Waals surface area (Å²) < 4.78 is 0. The average molecular weight is 481 g/mol. The van der Waals surface area contributed by atoms with Gasteiger partial charge in [0.2, 0.25) is 5.91 Å². The number of aromatic amines is 1. The Hall–Kier alpha value is -3.73. The van der Waals surface area contributed by atoms with Crippen molar-refractivity contribution in [1.82, 2.24) is 20.2 Å². The molecule has 1 amide bonds. The molecule has 0 saturated carbocycles. The van der Waals surface area contributed by atoms with Gasteiger partial charge in [0.15, 0.2) is 17.0 Å². The number of piperidine rings is 1. The second kappa shape index (κ2) is 9.87. The fraction of sp³-hybridized carbons (Fsp3) is 0.458. The first kappa shape index (κ1) is 24.4. The van der Waals surface area contributed by atoms with E-state index in [1.54, 1.807) is 6.07 Å². The summed E-state index contributed by atoms with van der Waals surface area (Å²) in [6.07, 6.45) is 4.89. The van der Waals surface area contributed by atoms with Gasteiger partial charge in [0, 0.05) is 30.9 Å². The summed E-state index contributed by atoms with van der Waals surface area (Å²) in [5.41, 5.74) is 15.7. The molecule has 11 heteroatoms. The zero-order valence-corrected chi connectivity index (χ0v) is 20.1. The predicted octanol–water partition coefficient (Wildman–Crippen LogP) is 2.36. The van der Waals surface area contributed by atoms with Crippen LogP contribution in [-0.4, -0.2) is 63.8 Å². The molecule has 6 N–H and O–H groups in total. The van der Waals surface area contributed by atoms with E-state index in [0.29, 0.717) is 23.7 Å². The van der Waals surface area contributed by atoms with Gasteiger partial charge in [-0.25, -0.2) is 9.97 Å². The highest BCUT2D eigenvalue weighted by atomic mass is 16.3. The van der Waals surface area contributed by atoms with Crippen LogP contribution in [-0.2, 0) is 4.79 Å². The SMILES string of the molecule is CC1CCN(c2n[nH]c3nc(N4CCC(C)(CN)CC4)cnc23)c2ccc(C(N)=O)cc21.O=CO. The highest BCUT2D eigenvalue weighted by molar-refractivity contribution is 5.94. The van der Waals surface area contributed by atoms with Crippen LogP contribution < -0.4 is 21.3 Å². The van der Waals surface area contributed by atoms with Crippen molar-refractivity contribution in [2.45, 2.75) is 39.0 Å². The summed E-state index contributed by atoms with van der Waals surface area (Å²) in [6, 6.07) is 5.63. The Morgan fingerprint density at radius 3 is 2.69 bits per heavy atom. The molecule has 2 aromatic heterocycles. The maximum absolute atomic E-state index is 11.7. The minimum Gasteiger partial charge on any atom is -0.483 e. The third kappa shape index (κ3) is 4.76. The largest absolute Gasteiger partial charge is 0.483 e. The van der Waals surface area contributed by atoms with Crippen molar-refractivity contribution in [2.24, 2.45) is 16.9 Å². The first-order valence-corrected chi connectivity index (χ1v) is 11.8. The van der Waals surface area contributed by atoms with Crippen molar-refractivity contribution in [3.05, 3.63) is 35.5 Å². The lowest BCUT2D eigenvalue weighted by Crippen LogP contribution is -2.42. The zero-order chi connectivity index (χ0) is 25.2.